The van der Waals surface area contributed by atoms with Gasteiger partial charge in [0.2, 0.25) is 0 Å². The summed E-state index contributed by atoms with van der Waals surface area (Å²) >= 11 is 0. The molecule has 0 fully saturated rings. The van der Waals surface area contributed by atoms with Crippen molar-refractivity contribution in [3.63, 3.8) is 0 Å². The van der Waals surface area contributed by atoms with E-state index in [4.69, 9.17) is 0 Å². The van der Waals surface area contributed by atoms with Gasteiger partial charge in [-0.1, -0.05) is 42.5 Å². The molecule has 1 nitrogen and oxygen atoms in total. The summed E-state index contributed by atoms with van der Waals surface area (Å²) in [7, 11) is 0. The molecule has 67 valence electrons. The van der Waals surface area contributed by atoms with Gasteiger partial charge < -0.3 is 0 Å². The van der Waals surface area contributed by atoms with E-state index >= 15 is 0 Å². The van der Waals surface area contributed by atoms with Crippen molar-refractivity contribution in [3.8, 4) is 0 Å². The third-order valence-electron chi connectivity index (χ3n) is 1.78. The van der Waals surface area contributed by atoms with Gasteiger partial charge in [0, 0.05) is 6.42 Å². The summed E-state index contributed by atoms with van der Waals surface area (Å²) in [5, 5.41) is 0. The number of allylic oxidation sites excluding steroid dienone is 2. The molecule has 0 aliphatic rings. The lowest BCUT2D eigenvalue weighted by molar-refractivity contribution is 0.552. The molecule has 0 unspecified atom stereocenters. The van der Waals surface area contributed by atoms with Gasteiger partial charge >= 0.3 is 0 Å². The summed E-state index contributed by atoms with van der Waals surface area (Å²) in [6.07, 6.45) is 8.23. The van der Waals surface area contributed by atoms with E-state index in [1.807, 2.05) is 30.6 Å². The van der Waals surface area contributed by atoms with E-state index in [-0.39, 0.29) is 0 Å². The molecular weight excluding hydrogens is 160 g/mol. The lowest BCUT2D eigenvalue weighted by atomic mass is 10.1. The maximum absolute atomic E-state index is 9.88. The first-order valence-electron chi connectivity index (χ1n) is 4.47. The zero-order valence-corrected chi connectivity index (χ0v) is 7.57. The van der Waals surface area contributed by atoms with E-state index in [1.165, 1.54) is 5.56 Å². The van der Waals surface area contributed by atoms with Crippen molar-refractivity contribution in [2.75, 3.05) is 0 Å². The second kappa shape index (κ2) is 6.18. The van der Waals surface area contributed by atoms with Gasteiger partial charge in [0.25, 0.3) is 0 Å². The minimum Gasteiger partial charge on any atom is -0.291 e. The molecule has 0 aliphatic heterocycles. The molecule has 1 radical (unpaired) electrons. The van der Waals surface area contributed by atoms with Crippen LogP contribution in [0.4, 0.5) is 0 Å². The summed E-state index contributed by atoms with van der Waals surface area (Å²) in [4.78, 5) is 9.88. The van der Waals surface area contributed by atoms with Crippen LogP contribution in [0.3, 0.4) is 0 Å². The van der Waals surface area contributed by atoms with Crippen LogP contribution in [0.25, 0.3) is 0 Å². The first-order valence-corrected chi connectivity index (χ1v) is 4.47. The Morgan fingerprint density at radius 3 is 2.62 bits per heavy atom. The van der Waals surface area contributed by atoms with Crippen molar-refractivity contribution < 1.29 is 4.79 Å². The fourth-order valence-electron chi connectivity index (χ4n) is 1.09. The smallest absolute Gasteiger partial charge is 0.198 e. The summed E-state index contributed by atoms with van der Waals surface area (Å²) in [6.45, 7) is 0. The van der Waals surface area contributed by atoms with Crippen LogP contribution in [0.15, 0.2) is 42.5 Å². The van der Waals surface area contributed by atoms with Gasteiger partial charge in [0.15, 0.2) is 6.29 Å². The average molecular weight is 173 g/mol. The van der Waals surface area contributed by atoms with Gasteiger partial charge in [-0.15, -0.1) is 0 Å². The summed E-state index contributed by atoms with van der Waals surface area (Å²) < 4.78 is 0. The van der Waals surface area contributed by atoms with Crippen LogP contribution in [0.2, 0.25) is 0 Å². The number of benzene rings is 1. The fourth-order valence-corrected chi connectivity index (χ4v) is 1.09. The second-order valence-corrected chi connectivity index (χ2v) is 2.84. The highest BCUT2D eigenvalue weighted by Crippen LogP contribution is 2.00. The molecule has 1 heteroatoms. The quantitative estimate of drug-likeness (QED) is 0.494. The molecule has 0 bridgehead atoms. The number of unbranched alkanes of at least 4 members (excludes halogenated alkanes) is 1. The Balaban J connectivity index is 2.26. The van der Waals surface area contributed by atoms with E-state index in [0.717, 1.165) is 12.8 Å². The predicted octanol–water partition coefficient (Wildman–Crippen LogP) is 2.68. The fraction of sp³-hybridized carbons (Fsp3) is 0.250. The average Bonchev–Trinajstić information content (AvgIpc) is 2.19. The van der Waals surface area contributed by atoms with Crippen LogP contribution in [-0.4, -0.2) is 6.29 Å². The Labute approximate surface area is 79.1 Å². The van der Waals surface area contributed by atoms with Crippen LogP contribution in [0.5, 0.6) is 0 Å². The minimum absolute atomic E-state index is 0.505. The van der Waals surface area contributed by atoms with E-state index in [9.17, 15) is 4.79 Å². The highest BCUT2D eigenvalue weighted by atomic mass is 16.1. The maximum Gasteiger partial charge on any atom is 0.198 e. The Bertz CT molecular complexity index is 262. The number of rotatable bonds is 5. The van der Waals surface area contributed by atoms with E-state index in [2.05, 4.69) is 18.2 Å². The molecule has 0 heterocycles. The molecule has 1 rings (SSSR count). The Hall–Kier alpha value is -1.37. The van der Waals surface area contributed by atoms with Gasteiger partial charge in [-0.25, -0.2) is 0 Å². The molecular formula is C12H13O. The van der Waals surface area contributed by atoms with Crippen molar-refractivity contribution in [2.24, 2.45) is 0 Å². The molecule has 0 spiro atoms. The number of hydrogen-bond acceptors (Lipinski definition) is 1. The zero-order valence-electron chi connectivity index (χ0n) is 7.57. The van der Waals surface area contributed by atoms with Crippen molar-refractivity contribution in [1.82, 2.24) is 0 Å². The molecule has 0 N–H and O–H groups in total. The third-order valence-corrected chi connectivity index (χ3v) is 1.78. The topological polar surface area (TPSA) is 17.1 Å². The molecule has 1 aromatic rings. The van der Waals surface area contributed by atoms with Gasteiger partial charge in [0.05, 0.1) is 0 Å². The van der Waals surface area contributed by atoms with Crippen LogP contribution in [-0.2, 0) is 11.2 Å². The predicted molar refractivity (Wildman–Crippen MR) is 54.2 cm³/mol. The van der Waals surface area contributed by atoms with Gasteiger partial charge in [-0.05, 0) is 18.4 Å². The van der Waals surface area contributed by atoms with Crippen LogP contribution in [0.1, 0.15) is 18.4 Å². The standard InChI is InChI=1S/C12H13O/c13-11-7-2-1-4-8-12-9-5-3-6-10-12/h1,3-6,9-10H,2,7-8H2. The second-order valence-electron chi connectivity index (χ2n) is 2.84. The van der Waals surface area contributed by atoms with Gasteiger partial charge in [-0.2, -0.15) is 0 Å². The van der Waals surface area contributed by atoms with Crippen LogP contribution in [0, 0.1) is 0 Å². The van der Waals surface area contributed by atoms with Crippen LogP contribution < -0.4 is 0 Å². The van der Waals surface area contributed by atoms with Crippen molar-refractivity contribution in [3.05, 3.63) is 48.0 Å². The Morgan fingerprint density at radius 1 is 1.15 bits per heavy atom. The largest absolute Gasteiger partial charge is 0.291 e. The summed E-state index contributed by atoms with van der Waals surface area (Å²) in [5.74, 6) is 0. The molecule has 0 saturated carbocycles. The SMILES string of the molecule is O=[C]CCC=CCc1ccccc1. The normalized spacial score (nSPS) is 10.5. The first kappa shape index (κ1) is 9.72. The lowest BCUT2D eigenvalue weighted by Crippen LogP contribution is -1.78. The highest BCUT2D eigenvalue weighted by Gasteiger charge is 1.85. The van der Waals surface area contributed by atoms with Gasteiger partial charge in [0.1, 0.15) is 0 Å². The molecule has 0 saturated heterocycles. The van der Waals surface area contributed by atoms with Crippen molar-refractivity contribution >= 4 is 6.29 Å². The maximum atomic E-state index is 9.88. The first-order chi connectivity index (χ1) is 6.43. The monoisotopic (exact) mass is 173 g/mol. The number of carbonyl (C=O) groups excluding carboxylic acids is 1. The molecule has 0 amide bonds. The molecule has 0 atom stereocenters. The molecule has 0 aromatic heterocycles. The highest BCUT2D eigenvalue weighted by molar-refractivity contribution is 5.50. The van der Waals surface area contributed by atoms with Gasteiger partial charge in [-0.3, -0.25) is 4.79 Å². The van der Waals surface area contributed by atoms with Crippen molar-refractivity contribution in [2.45, 2.75) is 19.3 Å². The summed E-state index contributed by atoms with van der Waals surface area (Å²) in [6, 6.07) is 10.3. The third kappa shape index (κ3) is 4.26. The van der Waals surface area contributed by atoms with Crippen molar-refractivity contribution in [1.29, 1.82) is 0 Å². The number of hydrogen-bond donors (Lipinski definition) is 0. The molecule has 13 heavy (non-hydrogen) atoms. The Kier molecular flexibility index (Phi) is 4.62. The van der Waals surface area contributed by atoms with E-state index < -0.39 is 0 Å². The lowest BCUT2D eigenvalue weighted by Gasteiger charge is -1.93. The minimum atomic E-state index is 0.505. The molecule has 0 aliphatic carbocycles. The van der Waals surface area contributed by atoms with E-state index in [0.29, 0.717) is 6.42 Å². The van der Waals surface area contributed by atoms with E-state index in [1.54, 1.807) is 0 Å². The Morgan fingerprint density at radius 2 is 1.92 bits per heavy atom. The zero-order chi connectivity index (χ0) is 9.36. The molecule has 1 aromatic carbocycles. The van der Waals surface area contributed by atoms with Crippen LogP contribution >= 0.6 is 0 Å². The summed E-state index contributed by atoms with van der Waals surface area (Å²) in [5.41, 5.74) is 1.30.